The van der Waals surface area contributed by atoms with Gasteiger partial charge in [0.25, 0.3) is 0 Å². The maximum Gasteiger partial charge on any atom is 0.241 e. The summed E-state index contributed by atoms with van der Waals surface area (Å²) in [6.07, 6.45) is -0.0961. The Balaban J connectivity index is 1.80. The number of hydrogen-bond acceptors (Lipinski definition) is 4. The van der Waals surface area contributed by atoms with Crippen LogP contribution in [0.1, 0.15) is 33.8 Å². The van der Waals surface area contributed by atoms with Crippen LogP contribution in [0, 0.1) is 5.82 Å². The van der Waals surface area contributed by atoms with Crippen molar-refractivity contribution in [1.29, 1.82) is 0 Å². The summed E-state index contributed by atoms with van der Waals surface area (Å²) in [5.74, 6) is -3.45. The number of sulfonamides is 1. The number of carbonyl (C=O) groups is 2. The molecule has 1 aliphatic rings. The molecule has 1 amide bonds. The molecule has 0 aromatic heterocycles. The van der Waals surface area contributed by atoms with Crippen LogP contribution in [0.15, 0.2) is 42.5 Å². The van der Waals surface area contributed by atoms with Crippen LogP contribution in [-0.4, -0.2) is 20.1 Å². The van der Waals surface area contributed by atoms with Crippen molar-refractivity contribution < 1.29 is 22.4 Å². The molecule has 0 saturated heterocycles. The van der Waals surface area contributed by atoms with Gasteiger partial charge in [-0.3, -0.25) is 14.3 Å². The first-order valence-corrected chi connectivity index (χ1v) is 9.41. The van der Waals surface area contributed by atoms with Gasteiger partial charge in [0.05, 0.1) is 11.7 Å². The molecule has 1 N–H and O–H groups in total. The Bertz CT molecular complexity index is 954. The Morgan fingerprint density at radius 2 is 1.92 bits per heavy atom. The van der Waals surface area contributed by atoms with Crippen LogP contribution in [-0.2, 0) is 20.6 Å². The van der Waals surface area contributed by atoms with Gasteiger partial charge in [0.1, 0.15) is 5.82 Å². The molecule has 130 valence electrons. The minimum absolute atomic E-state index is 0.0424. The summed E-state index contributed by atoms with van der Waals surface area (Å²) in [7, 11) is -4.17. The van der Waals surface area contributed by atoms with Crippen LogP contribution < -0.4 is 4.72 Å². The number of benzene rings is 2. The fourth-order valence-electron chi connectivity index (χ4n) is 2.81. The second kappa shape index (κ2) is 6.57. The van der Waals surface area contributed by atoms with E-state index in [-0.39, 0.29) is 22.8 Å². The molecule has 0 aliphatic heterocycles. The van der Waals surface area contributed by atoms with Gasteiger partial charge < -0.3 is 0 Å². The minimum Gasteiger partial charge on any atom is -0.294 e. The highest BCUT2D eigenvalue weighted by molar-refractivity contribution is 7.89. The lowest BCUT2D eigenvalue weighted by atomic mass is 10.0. The third-order valence-electron chi connectivity index (χ3n) is 3.99. The SMILES string of the molecule is O=C1CC(C(=O)NS(=O)(=O)Cc2c(F)cccc2Cl)c2ccccc21. The molecule has 1 aliphatic carbocycles. The number of carbonyl (C=O) groups excluding carboxylic acids is 2. The third-order valence-corrected chi connectivity index (χ3v) is 5.53. The number of Topliss-reactive ketones (excluding diaryl/α,β-unsaturated/α-hetero) is 1. The van der Waals surface area contributed by atoms with E-state index in [9.17, 15) is 22.4 Å². The standard InChI is InChI=1S/C17H13ClFNO4S/c18-14-6-3-7-15(19)13(14)9-25(23,24)20-17(22)12-8-16(21)11-5-2-1-4-10(11)12/h1-7,12H,8-9H2,(H,20,22). The Labute approximate surface area is 148 Å². The second-order valence-corrected chi connectivity index (χ2v) is 7.82. The molecule has 2 aromatic carbocycles. The lowest BCUT2D eigenvalue weighted by molar-refractivity contribution is -0.120. The Morgan fingerprint density at radius 1 is 1.20 bits per heavy atom. The van der Waals surface area contributed by atoms with Gasteiger partial charge in [-0.25, -0.2) is 12.8 Å². The van der Waals surface area contributed by atoms with Crippen molar-refractivity contribution in [2.75, 3.05) is 0 Å². The number of hydrogen-bond donors (Lipinski definition) is 1. The zero-order chi connectivity index (χ0) is 18.2. The van der Waals surface area contributed by atoms with Crippen molar-refractivity contribution >= 4 is 33.3 Å². The van der Waals surface area contributed by atoms with Crippen molar-refractivity contribution in [2.24, 2.45) is 0 Å². The maximum atomic E-state index is 13.8. The first-order valence-electron chi connectivity index (χ1n) is 7.38. The summed E-state index contributed by atoms with van der Waals surface area (Å²) < 4.78 is 40.1. The molecule has 25 heavy (non-hydrogen) atoms. The molecule has 0 saturated carbocycles. The molecule has 8 heteroatoms. The van der Waals surface area contributed by atoms with Crippen molar-refractivity contribution in [1.82, 2.24) is 4.72 Å². The number of nitrogens with one attached hydrogen (secondary N) is 1. The van der Waals surface area contributed by atoms with Gasteiger partial charge in [0, 0.05) is 22.6 Å². The van der Waals surface area contributed by atoms with Crippen LogP contribution in [0.2, 0.25) is 5.02 Å². The lowest BCUT2D eigenvalue weighted by Gasteiger charge is -2.13. The number of halogens is 2. The van der Waals surface area contributed by atoms with E-state index in [2.05, 4.69) is 0 Å². The van der Waals surface area contributed by atoms with Crippen molar-refractivity contribution in [3.8, 4) is 0 Å². The van der Waals surface area contributed by atoms with E-state index in [4.69, 9.17) is 11.6 Å². The minimum atomic E-state index is -4.17. The zero-order valence-electron chi connectivity index (χ0n) is 12.8. The number of rotatable bonds is 4. The monoisotopic (exact) mass is 381 g/mol. The molecule has 0 bridgehead atoms. The fourth-order valence-corrected chi connectivity index (χ4v) is 4.32. The Hall–Kier alpha value is -2.25. The van der Waals surface area contributed by atoms with Gasteiger partial charge >= 0.3 is 0 Å². The van der Waals surface area contributed by atoms with Gasteiger partial charge in [-0.15, -0.1) is 0 Å². The summed E-state index contributed by atoms with van der Waals surface area (Å²) in [6.45, 7) is 0. The first kappa shape index (κ1) is 17.6. The average Bonchev–Trinajstić information content (AvgIpc) is 2.88. The van der Waals surface area contributed by atoms with E-state index in [0.717, 1.165) is 6.07 Å². The first-order chi connectivity index (χ1) is 11.8. The lowest BCUT2D eigenvalue weighted by Crippen LogP contribution is -2.35. The van der Waals surface area contributed by atoms with E-state index in [0.29, 0.717) is 11.1 Å². The summed E-state index contributed by atoms with van der Waals surface area (Å²) >= 11 is 5.82. The third kappa shape index (κ3) is 3.57. The van der Waals surface area contributed by atoms with Gasteiger partial charge in [-0.2, -0.15) is 0 Å². The van der Waals surface area contributed by atoms with Crippen LogP contribution in [0.3, 0.4) is 0 Å². The molecule has 0 radical (unpaired) electrons. The van der Waals surface area contributed by atoms with Crippen LogP contribution in [0.5, 0.6) is 0 Å². The smallest absolute Gasteiger partial charge is 0.241 e. The average molecular weight is 382 g/mol. The van der Waals surface area contributed by atoms with Gasteiger partial charge in [0.15, 0.2) is 5.78 Å². The van der Waals surface area contributed by atoms with E-state index in [1.165, 1.54) is 12.1 Å². The van der Waals surface area contributed by atoms with Crippen LogP contribution in [0.4, 0.5) is 4.39 Å². The van der Waals surface area contributed by atoms with Crippen molar-refractivity contribution in [3.63, 3.8) is 0 Å². The number of amides is 1. The fraction of sp³-hybridized carbons (Fsp3) is 0.176. The number of ketones is 1. The predicted octanol–water partition coefficient (Wildman–Crippen LogP) is 2.80. The highest BCUT2D eigenvalue weighted by atomic mass is 35.5. The highest BCUT2D eigenvalue weighted by Crippen LogP contribution is 2.33. The molecular weight excluding hydrogens is 369 g/mol. The molecule has 0 heterocycles. The second-order valence-electron chi connectivity index (χ2n) is 5.69. The molecule has 5 nitrogen and oxygen atoms in total. The Kier molecular flexibility index (Phi) is 4.62. The van der Waals surface area contributed by atoms with Crippen molar-refractivity contribution in [3.05, 3.63) is 70.0 Å². The van der Waals surface area contributed by atoms with E-state index in [1.54, 1.807) is 24.3 Å². The van der Waals surface area contributed by atoms with Gasteiger partial charge in [-0.1, -0.05) is 41.9 Å². The molecular formula is C17H13ClFNO4S. The largest absolute Gasteiger partial charge is 0.294 e. The maximum absolute atomic E-state index is 13.8. The van der Waals surface area contributed by atoms with Gasteiger partial charge in [-0.05, 0) is 17.7 Å². The highest BCUT2D eigenvalue weighted by Gasteiger charge is 2.35. The van der Waals surface area contributed by atoms with Crippen LogP contribution in [0.25, 0.3) is 0 Å². The van der Waals surface area contributed by atoms with E-state index in [1.807, 2.05) is 4.72 Å². The van der Waals surface area contributed by atoms with Crippen LogP contribution >= 0.6 is 11.6 Å². The molecule has 1 atom stereocenters. The molecule has 2 aromatic rings. The van der Waals surface area contributed by atoms with Crippen molar-refractivity contribution in [2.45, 2.75) is 18.1 Å². The quantitative estimate of drug-likeness (QED) is 0.883. The van der Waals surface area contributed by atoms with E-state index < -0.39 is 33.4 Å². The summed E-state index contributed by atoms with van der Waals surface area (Å²) in [5.41, 5.74) is 0.689. The molecule has 1 unspecified atom stereocenters. The predicted molar refractivity (Wildman–Crippen MR) is 90.3 cm³/mol. The topological polar surface area (TPSA) is 80.3 Å². The summed E-state index contributed by atoms with van der Waals surface area (Å²) in [5, 5.41) is -0.0424. The summed E-state index contributed by atoms with van der Waals surface area (Å²) in [6, 6.07) is 10.4. The molecule has 3 rings (SSSR count). The van der Waals surface area contributed by atoms with E-state index >= 15 is 0 Å². The normalized spacial score (nSPS) is 16.6. The zero-order valence-corrected chi connectivity index (χ0v) is 14.4. The molecule has 0 spiro atoms. The number of fused-ring (bicyclic) bond motifs is 1. The van der Waals surface area contributed by atoms with Gasteiger partial charge in [0.2, 0.25) is 15.9 Å². The molecule has 0 fully saturated rings. The Morgan fingerprint density at radius 3 is 2.64 bits per heavy atom. The summed E-state index contributed by atoms with van der Waals surface area (Å²) in [4.78, 5) is 24.3.